The Morgan fingerprint density at radius 3 is 2.68 bits per heavy atom. The van der Waals surface area contributed by atoms with Gasteiger partial charge in [0.2, 0.25) is 0 Å². The number of aromatic nitrogens is 1. The number of hydrazone groups is 1. The van der Waals surface area contributed by atoms with Crippen LogP contribution in [0.3, 0.4) is 0 Å². The summed E-state index contributed by atoms with van der Waals surface area (Å²) in [5, 5.41) is 3.82. The van der Waals surface area contributed by atoms with Crippen molar-refractivity contribution in [2.24, 2.45) is 5.10 Å². The van der Waals surface area contributed by atoms with Crippen molar-refractivity contribution in [1.29, 1.82) is 0 Å². The van der Waals surface area contributed by atoms with Crippen molar-refractivity contribution in [2.45, 2.75) is 0 Å². The quantitative estimate of drug-likeness (QED) is 0.652. The van der Waals surface area contributed by atoms with Gasteiger partial charge in [-0.2, -0.15) is 5.10 Å². The number of ether oxygens (including phenoxy) is 1. The molecule has 1 N–H and O–H groups in total. The fourth-order valence-corrected chi connectivity index (χ4v) is 1.33. The normalized spacial score (nSPS) is 10.3. The summed E-state index contributed by atoms with van der Waals surface area (Å²) >= 11 is 0. The van der Waals surface area contributed by atoms with Crippen LogP contribution in [0.2, 0.25) is 0 Å². The van der Waals surface area contributed by atoms with Crippen molar-refractivity contribution in [2.75, 3.05) is 6.61 Å². The lowest BCUT2D eigenvalue weighted by Crippen LogP contribution is -2.24. The van der Waals surface area contributed by atoms with Gasteiger partial charge in [0.15, 0.2) is 6.61 Å². The van der Waals surface area contributed by atoms with E-state index in [1.165, 1.54) is 0 Å². The molecule has 1 amide bonds. The Balaban J connectivity index is 1.75. The smallest absolute Gasteiger partial charge is 0.277 e. The van der Waals surface area contributed by atoms with E-state index in [-0.39, 0.29) is 12.5 Å². The molecule has 2 rings (SSSR count). The third-order valence-corrected chi connectivity index (χ3v) is 2.22. The lowest BCUT2D eigenvalue weighted by Gasteiger charge is -2.03. The topological polar surface area (TPSA) is 63.6 Å². The molecular weight excluding hydrogens is 242 g/mol. The molecule has 0 atom stereocenters. The molecule has 5 nitrogen and oxygen atoms in total. The second-order valence-electron chi connectivity index (χ2n) is 3.68. The SMILES string of the molecule is O=C(COc1ccccc1)NN=Cc1ccncc1. The van der Waals surface area contributed by atoms with Crippen LogP contribution in [0.4, 0.5) is 0 Å². The maximum absolute atomic E-state index is 11.4. The largest absolute Gasteiger partial charge is 0.484 e. The van der Waals surface area contributed by atoms with Gasteiger partial charge in [-0.3, -0.25) is 9.78 Å². The summed E-state index contributed by atoms with van der Waals surface area (Å²) in [7, 11) is 0. The summed E-state index contributed by atoms with van der Waals surface area (Å²) in [4.78, 5) is 15.3. The average molecular weight is 255 g/mol. The predicted molar refractivity (Wildman–Crippen MR) is 71.9 cm³/mol. The summed E-state index contributed by atoms with van der Waals surface area (Å²) < 4.78 is 5.27. The highest BCUT2D eigenvalue weighted by atomic mass is 16.5. The molecule has 0 radical (unpaired) electrons. The van der Waals surface area contributed by atoms with Crippen LogP contribution in [0.5, 0.6) is 5.75 Å². The number of hydrogen-bond donors (Lipinski definition) is 1. The van der Waals surface area contributed by atoms with Crippen molar-refractivity contribution in [3.63, 3.8) is 0 Å². The number of para-hydroxylation sites is 1. The molecule has 1 heterocycles. The Kier molecular flexibility index (Phi) is 4.64. The lowest BCUT2D eigenvalue weighted by atomic mass is 10.3. The molecule has 0 aliphatic rings. The Morgan fingerprint density at radius 1 is 1.21 bits per heavy atom. The number of nitrogens with one attached hydrogen (secondary N) is 1. The van der Waals surface area contributed by atoms with Crippen LogP contribution in [0.1, 0.15) is 5.56 Å². The molecule has 5 heteroatoms. The van der Waals surface area contributed by atoms with E-state index < -0.39 is 0 Å². The molecule has 0 bridgehead atoms. The molecule has 2 aromatic rings. The highest BCUT2D eigenvalue weighted by molar-refractivity contribution is 5.82. The second-order valence-corrected chi connectivity index (χ2v) is 3.68. The van der Waals surface area contributed by atoms with Crippen LogP contribution in [0.25, 0.3) is 0 Å². The number of rotatable bonds is 5. The number of hydrogen-bond acceptors (Lipinski definition) is 4. The van der Waals surface area contributed by atoms with Gasteiger partial charge in [-0.1, -0.05) is 18.2 Å². The molecule has 0 aliphatic heterocycles. The molecule has 0 unspecified atom stereocenters. The summed E-state index contributed by atoms with van der Waals surface area (Å²) in [6, 6.07) is 12.7. The number of amides is 1. The maximum atomic E-state index is 11.4. The zero-order chi connectivity index (χ0) is 13.3. The maximum Gasteiger partial charge on any atom is 0.277 e. The van der Waals surface area contributed by atoms with Gasteiger partial charge in [0.1, 0.15) is 5.75 Å². The highest BCUT2D eigenvalue weighted by Crippen LogP contribution is 2.07. The van der Waals surface area contributed by atoms with Crippen molar-refractivity contribution in [3.05, 3.63) is 60.4 Å². The van der Waals surface area contributed by atoms with Gasteiger partial charge in [-0.25, -0.2) is 5.43 Å². The Hall–Kier alpha value is -2.69. The van der Waals surface area contributed by atoms with E-state index >= 15 is 0 Å². The number of carbonyl (C=O) groups excluding carboxylic acids is 1. The molecule has 0 saturated heterocycles. The molecule has 1 aromatic heterocycles. The van der Waals surface area contributed by atoms with Crippen LogP contribution in [-0.2, 0) is 4.79 Å². The Morgan fingerprint density at radius 2 is 1.95 bits per heavy atom. The van der Waals surface area contributed by atoms with Crippen LogP contribution < -0.4 is 10.2 Å². The van der Waals surface area contributed by atoms with E-state index in [1.807, 2.05) is 18.2 Å². The molecule has 1 aromatic carbocycles. The summed E-state index contributed by atoms with van der Waals surface area (Å²) in [6.07, 6.45) is 4.85. The lowest BCUT2D eigenvalue weighted by molar-refractivity contribution is -0.123. The van der Waals surface area contributed by atoms with E-state index in [0.29, 0.717) is 5.75 Å². The highest BCUT2D eigenvalue weighted by Gasteiger charge is 2.00. The molecule has 0 aliphatic carbocycles. The fraction of sp³-hybridized carbons (Fsp3) is 0.0714. The van der Waals surface area contributed by atoms with Gasteiger partial charge < -0.3 is 4.74 Å². The average Bonchev–Trinajstić information content (AvgIpc) is 2.47. The molecule has 19 heavy (non-hydrogen) atoms. The van der Waals surface area contributed by atoms with E-state index in [0.717, 1.165) is 5.56 Å². The van der Waals surface area contributed by atoms with Crippen LogP contribution in [0.15, 0.2) is 60.0 Å². The minimum atomic E-state index is -0.311. The summed E-state index contributed by atoms with van der Waals surface area (Å²) in [5.74, 6) is 0.338. The zero-order valence-electron chi connectivity index (χ0n) is 10.2. The third-order valence-electron chi connectivity index (χ3n) is 2.22. The minimum absolute atomic E-state index is 0.0717. The van der Waals surface area contributed by atoms with Crippen LogP contribution >= 0.6 is 0 Å². The van der Waals surface area contributed by atoms with Gasteiger partial charge in [-0.15, -0.1) is 0 Å². The van der Waals surface area contributed by atoms with Gasteiger partial charge in [0.25, 0.3) is 5.91 Å². The van der Waals surface area contributed by atoms with E-state index in [4.69, 9.17) is 4.74 Å². The molecular formula is C14H13N3O2. The first kappa shape index (κ1) is 12.8. The zero-order valence-corrected chi connectivity index (χ0v) is 10.2. The van der Waals surface area contributed by atoms with Crippen LogP contribution in [-0.4, -0.2) is 23.7 Å². The van der Waals surface area contributed by atoms with Gasteiger partial charge in [0, 0.05) is 12.4 Å². The van der Waals surface area contributed by atoms with E-state index in [9.17, 15) is 4.79 Å². The summed E-state index contributed by atoms with van der Waals surface area (Å²) in [5.41, 5.74) is 3.25. The predicted octanol–water partition coefficient (Wildman–Crippen LogP) is 1.61. The van der Waals surface area contributed by atoms with Gasteiger partial charge in [0.05, 0.1) is 6.21 Å². The van der Waals surface area contributed by atoms with Gasteiger partial charge >= 0.3 is 0 Å². The van der Waals surface area contributed by atoms with E-state index in [1.54, 1.807) is 42.9 Å². The van der Waals surface area contributed by atoms with Gasteiger partial charge in [-0.05, 0) is 29.8 Å². The van der Waals surface area contributed by atoms with E-state index in [2.05, 4.69) is 15.5 Å². The second kappa shape index (κ2) is 6.90. The Labute approximate surface area is 110 Å². The molecule has 0 spiro atoms. The van der Waals surface area contributed by atoms with Crippen molar-refractivity contribution < 1.29 is 9.53 Å². The number of benzene rings is 1. The number of nitrogens with zero attached hydrogens (tertiary/aromatic N) is 2. The van der Waals surface area contributed by atoms with Crippen molar-refractivity contribution in [1.82, 2.24) is 10.4 Å². The monoisotopic (exact) mass is 255 g/mol. The first-order valence-corrected chi connectivity index (χ1v) is 5.74. The first-order valence-electron chi connectivity index (χ1n) is 5.74. The number of carbonyl (C=O) groups is 1. The molecule has 0 saturated carbocycles. The minimum Gasteiger partial charge on any atom is -0.484 e. The first-order chi connectivity index (χ1) is 9.34. The fourth-order valence-electron chi connectivity index (χ4n) is 1.33. The molecule has 96 valence electrons. The Bertz CT molecular complexity index is 541. The van der Waals surface area contributed by atoms with Crippen molar-refractivity contribution >= 4 is 12.1 Å². The summed E-state index contributed by atoms with van der Waals surface area (Å²) in [6.45, 7) is -0.0717. The molecule has 0 fully saturated rings. The van der Waals surface area contributed by atoms with Crippen molar-refractivity contribution in [3.8, 4) is 5.75 Å². The third kappa shape index (κ3) is 4.59. The van der Waals surface area contributed by atoms with Crippen LogP contribution in [0, 0.1) is 0 Å². The number of pyridine rings is 1. The standard InChI is InChI=1S/C14H13N3O2/c18-14(11-19-13-4-2-1-3-5-13)17-16-10-12-6-8-15-9-7-12/h1-10H,11H2,(H,17,18).